The van der Waals surface area contributed by atoms with Gasteiger partial charge >= 0.3 is 6.09 Å². The van der Waals surface area contributed by atoms with Crippen LogP contribution >= 0.6 is 0 Å². The average molecular weight is 785 g/mol. The number of alkyl halides is 2. The number of rotatable bonds is 3. The highest BCUT2D eigenvalue weighted by molar-refractivity contribution is 7.91. The van der Waals surface area contributed by atoms with Crippen molar-refractivity contribution in [3.05, 3.63) is 54.3 Å². The number of aromatic nitrogens is 2. The van der Waals surface area contributed by atoms with Gasteiger partial charge in [0, 0.05) is 12.5 Å². The lowest BCUT2D eigenvalue weighted by molar-refractivity contribution is -0.134. The number of sulfonamides is 1. The molecule has 1 saturated heterocycles. The smallest absolute Gasteiger partial charge is 0.408 e. The van der Waals surface area contributed by atoms with Crippen molar-refractivity contribution in [2.75, 3.05) is 19.7 Å². The minimum Gasteiger partial charge on any atom is -0.470 e. The van der Waals surface area contributed by atoms with Crippen molar-refractivity contribution in [1.82, 2.24) is 30.2 Å². The monoisotopic (exact) mass is 784 g/mol. The number of carbonyl (C=O) groups is 4. The van der Waals surface area contributed by atoms with E-state index in [1.165, 1.54) is 11.0 Å². The van der Waals surface area contributed by atoms with Crippen LogP contribution in [0.4, 0.5) is 13.6 Å². The fourth-order valence-corrected chi connectivity index (χ4v) is 8.82. The number of hydrogen-bond acceptors (Lipinski definition) is 10. The Balaban J connectivity index is 1.24. The molecule has 3 N–H and O–H groups in total. The Bertz CT molecular complexity index is 1990. The lowest BCUT2D eigenvalue weighted by atomic mass is 10.0. The van der Waals surface area contributed by atoms with Crippen LogP contribution in [0.3, 0.4) is 0 Å². The standard InChI is InChI=1S/C38H46F2N6O8S/c39-37(40)19-11-5-4-7-15-29-33(42-28-14-10-9-13-27(28)41-29)54-31-22-46-21-26(31)32(47)44-38(35(49)45-55(51,52)25-17-18-25)20-24(38)12-6-2-1-3-8-16-30(34(46)48)43-36(50)53-23-37/h6,9-14,19,24-26,30-31H,1-5,7-8,15-18,20-23H2,(H,43,50)(H,44,47)(H,45,49)/b12-6+,19-11-/t24-,26?,30+,31+,38-/m1/s1. The molecule has 2 aromatic rings. The number of carbonyl (C=O) groups excluding carboxylic acids is 4. The highest BCUT2D eigenvalue weighted by Crippen LogP contribution is 2.46. The van der Waals surface area contributed by atoms with Crippen molar-refractivity contribution in [3.63, 3.8) is 0 Å². The van der Waals surface area contributed by atoms with Gasteiger partial charge in [0.25, 0.3) is 11.8 Å². The highest BCUT2D eigenvalue weighted by Gasteiger charge is 2.62. The zero-order valence-corrected chi connectivity index (χ0v) is 31.2. The average Bonchev–Trinajstić information content (AvgIpc) is 4.07. The summed E-state index contributed by atoms with van der Waals surface area (Å²) in [5, 5.41) is 4.70. The molecule has 4 amide bonds. The number of halogens is 2. The molecule has 296 valence electrons. The summed E-state index contributed by atoms with van der Waals surface area (Å²) in [6, 6.07) is 6.03. The van der Waals surface area contributed by atoms with E-state index in [9.17, 15) is 36.4 Å². The van der Waals surface area contributed by atoms with Crippen LogP contribution in [-0.2, 0) is 35.6 Å². The predicted octanol–water partition coefficient (Wildman–Crippen LogP) is 3.85. The topological polar surface area (TPSA) is 186 Å². The lowest BCUT2D eigenvalue weighted by Crippen LogP contribution is -2.55. The quantitative estimate of drug-likeness (QED) is 0.386. The van der Waals surface area contributed by atoms with Crippen LogP contribution in [0.15, 0.2) is 48.6 Å². The van der Waals surface area contributed by atoms with Gasteiger partial charge in [-0.25, -0.2) is 23.2 Å². The van der Waals surface area contributed by atoms with E-state index < -0.39 is 81.1 Å². The third-order valence-corrected chi connectivity index (χ3v) is 12.7. The molecule has 2 aliphatic carbocycles. The molecular formula is C38H46F2N6O8S. The number of para-hydroxylation sites is 2. The van der Waals surface area contributed by atoms with E-state index >= 15 is 0 Å². The van der Waals surface area contributed by atoms with Crippen LogP contribution in [0.5, 0.6) is 5.88 Å². The van der Waals surface area contributed by atoms with E-state index in [0.29, 0.717) is 87.0 Å². The number of allylic oxidation sites excluding steroid dienone is 2. The SMILES string of the molecule is O=C1N[C@H]2CCCCC/C=C/[C@@H]3C[C@@]3(C(=O)NS(=O)(=O)C3CC3)NC(=O)C3CN(C[C@@H]3Oc3nc4ccccc4nc3CCCC/C=C\C(F)(F)CO1)C2=O. The first-order chi connectivity index (χ1) is 26.3. The molecule has 2 saturated carbocycles. The molecule has 1 unspecified atom stereocenters. The third-order valence-electron chi connectivity index (χ3n) is 10.9. The van der Waals surface area contributed by atoms with Crippen LogP contribution < -0.4 is 20.1 Å². The molecule has 4 bridgehead atoms. The zero-order valence-electron chi connectivity index (χ0n) is 30.4. The molecule has 55 heavy (non-hydrogen) atoms. The Labute approximate surface area is 317 Å². The molecule has 7 rings (SSSR count). The second kappa shape index (κ2) is 15.8. The van der Waals surface area contributed by atoms with Crippen LogP contribution in [0.2, 0.25) is 0 Å². The minimum atomic E-state index is -3.92. The fraction of sp³-hybridized carbons (Fsp3) is 0.579. The highest BCUT2D eigenvalue weighted by atomic mass is 32.2. The third kappa shape index (κ3) is 9.08. The molecule has 1 aromatic carbocycles. The van der Waals surface area contributed by atoms with Crippen LogP contribution in [0.25, 0.3) is 11.0 Å². The van der Waals surface area contributed by atoms with Gasteiger partial charge in [-0.1, -0.05) is 43.2 Å². The van der Waals surface area contributed by atoms with E-state index in [1.807, 2.05) is 18.2 Å². The summed E-state index contributed by atoms with van der Waals surface area (Å²) in [4.78, 5) is 66.1. The van der Waals surface area contributed by atoms with Gasteiger partial charge in [0.2, 0.25) is 27.7 Å². The molecule has 3 aliphatic heterocycles. The number of alkyl carbamates (subject to hydrolysis) is 1. The maximum atomic E-state index is 14.6. The van der Waals surface area contributed by atoms with Crippen LogP contribution in [0, 0.1) is 11.8 Å². The molecular weight excluding hydrogens is 739 g/mol. The van der Waals surface area contributed by atoms with Crippen molar-refractivity contribution >= 4 is 44.9 Å². The molecule has 4 heterocycles. The number of cyclic esters (lactones) is 1. The van der Waals surface area contributed by atoms with Gasteiger partial charge in [0.05, 0.1) is 28.7 Å². The summed E-state index contributed by atoms with van der Waals surface area (Å²) in [6.45, 7) is -1.50. The molecule has 5 aliphatic rings. The second-order valence-corrected chi connectivity index (χ2v) is 17.1. The number of aryl methyl sites for hydroxylation is 1. The normalized spacial score (nSPS) is 30.6. The lowest BCUT2D eigenvalue weighted by Gasteiger charge is -2.25. The van der Waals surface area contributed by atoms with Gasteiger partial charge in [0.1, 0.15) is 23.4 Å². The Morgan fingerprint density at radius 2 is 1.69 bits per heavy atom. The maximum Gasteiger partial charge on any atom is 0.408 e. The van der Waals surface area contributed by atoms with E-state index in [4.69, 9.17) is 19.4 Å². The maximum absolute atomic E-state index is 14.6. The first-order valence-corrected chi connectivity index (χ1v) is 20.6. The Hall–Kier alpha value is -4.67. The number of nitrogens with one attached hydrogen (secondary N) is 3. The zero-order chi connectivity index (χ0) is 38.8. The summed E-state index contributed by atoms with van der Waals surface area (Å²) in [7, 11) is -3.92. The van der Waals surface area contributed by atoms with Crippen molar-refractivity contribution in [3.8, 4) is 5.88 Å². The van der Waals surface area contributed by atoms with Gasteiger partial charge in [-0.2, -0.15) is 8.78 Å². The summed E-state index contributed by atoms with van der Waals surface area (Å²) in [6.07, 6.45) is 9.11. The van der Waals surface area contributed by atoms with Gasteiger partial charge in [-0.05, 0) is 82.4 Å². The number of hydrogen-bond donors (Lipinski definition) is 3. The first kappa shape index (κ1) is 38.6. The molecule has 0 radical (unpaired) electrons. The van der Waals surface area contributed by atoms with Gasteiger partial charge in [-0.15, -0.1) is 0 Å². The number of benzene rings is 1. The summed E-state index contributed by atoms with van der Waals surface area (Å²) < 4.78 is 68.6. The number of ether oxygens (including phenoxy) is 2. The van der Waals surface area contributed by atoms with E-state index in [-0.39, 0.29) is 31.8 Å². The van der Waals surface area contributed by atoms with Crippen molar-refractivity contribution in [2.45, 2.75) is 106 Å². The van der Waals surface area contributed by atoms with Gasteiger partial charge < -0.3 is 25.0 Å². The molecule has 17 heteroatoms. The van der Waals surface area contributed by atoms with Crippen molar-refractivity contribution < 1.29 is 45.9 Å². The predicted molar refractivity (Wildman–Crippen MR) is 195 cm³/mol. The van der Waals surface area contributed by atoms with Crippen molar-refractivity contribution in [2.24, 2.45) is 11.8 Å². The Morgan fingerprint density at radius 3 is 2.47 bits per heavy atom. The molecule has 5 atom stereocenters. The minimum absolute atomic E-state index is 0.112. The van der Waals surface area contributed by atoms with Crippen molar-refractivity contribution in [1.29, 1.82) is 0 Å². The fourth-order valence-electron chi connectivity index (χ4n) is 7.45. The van der Waals surface area contributed by atoms with Crippen LogP contribution in [-0.4, -0.2) is 95.7 Å². The number of amides is 4. The molecule has 14 nitrogen and oxygen atoms in total. The largest absolute Gasteiger partial charge is 0.470 e. The first-order valence-electron chi connectivity index (χ1n) is 19.1. The van der Waals surface area contributed by atoms with E-state index in [2.05, 4.69) is 15.4 Å². The Kier molecular flexibility index (Phi) is 11.1. The van der Waals surface area contributed by atoms with E-state index in [0.717, 1.165) is 0 Å². The van der Waals surface area contributed by atoms with E-state index in [1.54, 1.807) is 18.2 Å². The number of nitrogens with zero attached hydrogens (tertiary/aromatic N) is 3. The summed E-state index contributed by atoms with van der Waals surface area (Å²) in [5.74, 6) is -6.80. The second-order valence-electron chi connectivity index (χ2n) is 15.2. The van der Waals surface area contributed by atoms with Gasteiger partial charge in [-0.3, -0.25) is 19.1 Å². The molecule has 0 spiro atoms. The van der Waals surface area contributed by atoms with Gasteiger partial charge in [0.15, 0.2) is 6.61 Å². The number of fused-ring (bicyclic) bond motifs is 7. The molecule has 3 fully saturated rings. The van der Waals surface area contributed by atoms with Crippen LogP contribution in [0.1, 0.15) is 76.3 Å². The Morgan fingerprint density at radius 1 is 0.945 bits per heavy atom. The summed E-state index contributed by atoms with van der Waals surface area (Å²) >= 11 is 0. The molecule has 1 aromatic heterocycles. The summed E-state index contributed by atoms with van der Waals surface area (Å²) in [5.41, 5.74) is 0.0984.